The predicted molar refractivity (Wildman–Crippen MR) is 148 cm³/mol. The summed E-state index contributed by atoms with van der Waals surface area (Å²) in [7, 11) is -1.54. The Morgan fingerprint density at radius 2 is 1.83 bits per heavy atom. The number of benzene rings is 3. The first-order valence-corrected chi connectivity index (χ1v) is 14.1. The molecule has 3 aromatic carbocycles. The van der Waals surface area contributed by atoms with Crippen molar-refractivity contribution < 1.29 is 36.5 Å². The highest BCUT2D eigenvalue weighted by Crippen LogP contribution is 2.45. The van der Waals surface area contributed by atoms with Crippen molar-refractivity contribution in [1.29, 1.82) is 0 Å². The van der Waals surface area contributed by atoms with Crippen molar-refractivity contribution in [2.75, 3.05) is 18.9 Å². The van der Waals surface area contributed by atoms with E-state index in [-0.39, 0.29) is 28.5 Å². The molecule has 0 atom stereocenters. The zero-order chi connectivity index (χ0) is 29.5. The van der Waals surface area contributed by atoms with Gasteiger partial charge in [0.15, 0.2) is 0 Å². The number of fused-ring (bicyclic) bond motifs is 1. The summed E-state index contributed by atoms with van der Waals surface area (Å²) < 4.78 is 53.1. The van der Waals surface area contributed by atoms with Gasteiger partial charge in [-0.1, -0.05) is 0 Å². The number of halogens is 1. The lowest BCUT2D eigenvalue weighted by molar-refractivity contribution is -0.385. The Morgan fingerprint density at radius 1 is 1.12 bits per heavy atom. The first kappa shape index (κ1) is 27.8. The molecular weight excluding hydrogens is 557 g/mol. The van der Waals surface area contributed by atoms with E-state index in [9.17, 15) is 32.5 Å². The normalized spacial score (nSPS) is 13.1. The van der Waals surface area contributed by atoms with E-state index < -0.39 is 49.6 Å². The fraction of sp³-hybridized carbons (Fsp3) is 0.214. The van der Waals surface area contributed by atoms with Crippen molar-refractivity contribution in [3.63, 3.8) is 0 Å². The minimum atomic E-state index is -4.08. The molecule has 2 N–H and O–H groups in total. The molecule has 0 aliphatic heterocycles. The minimum Gasteiger partial charge on any atom is -0.465 e. The molecule has 11 nitrogen and oxygen atoms in total. The van der Waals surface area contributed by atoms with E-state index in [0.29, 0.717) is 16.5 Å². The number of nitro groups is 1. The number of hydrogen-bond donors (Lipinski definition) is 2. The van der Waals surface area contributed by atoms with Crippen LogP contribution in [0.2, 0.25) is 0 Å². The number of ether oxygens (including phenoxy) is 1. The van der Waals surface area contributed by atoms with Crippen LogP contribution >= 0.6 is 0 Å². The Kier molecular flexibility index (Phi) is 7.22. The Hall–Kier alpha value is -4.78. The number of carbonyl (C=O) groups is 2. The summed E-state index contributed by atoms with van der Waals surface area (Å²) in [6, 6.07) is 12.1. The van der Waals surface area contributed by atoms with E-state index in [0.717, 1.165) is 37.6 Å². The van der Waals surface area contributed by atoms with Crippen LogP contribution in [-0.2, 0) is 20.5 Å². The molecule has 0 spiro atoms. The summed E-state index contributed by atoms with van der Waals surface area (Å²) in [5, 5.41) is 14.4. The highest BCUT2D eigenvalue weighted by Gasteiger charge is 2.31. The van der Waals surface area contributed by atoms with Crippen LogP contribution in [0.1, 0.15) is 50.6 Å². The number of carbonyl (C=O) groups excluding carboxylic acids is 2. The smallest absolute Gasteiger partial charge is 0.344 e. The number of furan rings is 1. The number of amides is 1. The summed E-state index contributed by atoms with van der Waals surface area (Å²) in [5.41, 5.74) is 1.23. The Labute approximate surface area is 233 Å². The standard InChI is InChI=1S/C28H24FN3O8S/c1-30-27(33)25-22-13-20(15-3-4-15)17(11-24(22)40-26(25)16-5-7-18(29)8-6-16)14-41(37,38)31-19-9-10-23(32(35)36)21(12-19)28(34)39-2/h5-13,15,31H,3-4,14H2,1-2H3,(H,30,33). The third-order valence-corrected chi connectivity index (χ3v) is 7.98. The maximum atomic E-state index is 13.6. The second-order valence-corrected chi connectivity index (χ2v) is 11.3. The van der Waals surface area contributed by atoms with Crippen molar-refractivity contribution in [2.24, 2.45) is 0 Å². The maximum absolute atomic E-state index is 13.6. The van der Waals surface area contributed by atoms with Gasteiger partial charge >= 0.3 is 5.97 Å². The summed E-state index contributed by atoms with van der Waals surface area (Å²) in [6.45, 7) is 0. The summed E-state index contributed by atoms with van der Waals surface area (Å²) in [4.78, 5) is 35.5. The number of hydrogen-bond acceptors (Lipinski definition) is 8. The number of nitro benzene ring substituents is 1. The van der Waals surface area contributed by atoms with E-state index >= 15 is 0 Å². The Balaban J connectivity index is 1.55. The van der Waals surface area contributed by atoms with Crippen molar-refractivity contribution in [1.82, 2.24) is 5.32 Å². The molecular formula is C28H24FN3O8S. The fourth-order valence-electron chi connectivity index (χ4n) is 4.71. The van der Waals surface area contributed by atoms with E-state index in [1.807, 2.05) is 0 Å². The van der Waals surface area contributed by atoms with Gasteiger partial charge in [-0.05, 0) is 78.4 Å². The summed E-state index contributed by atoms with van der Waals surface area (Å²) >= 11 is 0. The average molecular weight is 582 g/mol. The molecule has 1 aliphatic rings. The molecule has 13 heteroatoms. The van der Waals surface area contributed by atoms with Crippen LogP contribution in [0.4, 0.5) is 15.8 Å². The molecule has 4 aromatic rings. The minimum absolute atomic E-state index is 0.0523. The topological polar surface area (TPSA) is 158 Å². The third kappa shape index (κ3) is 5.61. The number of methoxy groups -OCH3 is 1. The van der Waals surface area contributed by atoms with Gasteiger partial charge in [0.2, 0.25) is 10.0 Å². The number of esters is 1. The second kappa shape index (κ2) is 10.7. The van der Waals surface area contributed by atoms with Gasteiger partial charge in [0, 0.05) is 29.8 Å². The van der Waals surface area contributed by atoms with Gasteiger partial charge in [0.1, 0.15) is 22.7 Å². The largest absolute Gasteiger partial charge is 0.465 e. The second-order valence-electron chi connectivity index (χ2n) is 9.56. The zero-order valence-electron chi connectivity index (χ0n) is 21.9. The van der Waals surface area contributed by atoms with Gasteiger partial charge in [-0.3, -0.25) is 19.6 Å². The molecule has 1 saturated carbocycles. The number of rotatable bonds is 9. The number of anilines is 1. The van der Waals surface area contributed by atoms with Crippen LogP contribution in [0, 0.1) is 15.9 Å². The van der Waals surface area contributed by atoms with Crippen LogP contribution in [0.3, 0.4) is 0 Å². The molecule has 212 valence electrons. The van der Waals surface area contributed by atoms with Crippen molar-refractivity contribution in [3.8, 4) is 11.3 Å². The lowest BCUT2D eigenvalue weighted by Gasteiger charge is -2.13. The summed E-state index contributed by atoms with van der Waals surface area (Å²) in [5.74, 6) is -2.00. The van der Waals surface area contributed by atoms with Gasteiger partial charge in [-0.2, -0.15) is 0 Å². The average Bonchev–Trinajstić information content (AvgIpc) is 3.72. The molecule has 41 heavy (non-hydrogen) atoms. The van der Waals surface area contributed by atoms with Gasteiger partial charge in [-0.25, -0.2) is 17.6 Å². The van der Waals surface area contributed by atoms with Crippen LogP contribution < -0.4 is 10.0 Å². The van der Waals surface area contributed by atoms with E-state index in [4.69, 9.17) is 4.42 Å². The molecule has 1 amide bonds. The van der Waals surface area contributed by atoms with Crippen LogP contribution in [0.25, 0.3) is 22.3 Å². The Morgan fingerprint density at radius 3 is 2.44 bits per heavy atom. The highest BCUT2D eigenvalue weighted by molar-refractivity contribution is 7.91. The zero-order valence-corrected chi connectivity index (χ0v) is 22.7. The SMILES string of the molecule is CNC(=O)c1c(-c2ccc(F)cc2)oc2cc(CS(=O)(=O)Nc3ccc([N+](=O)[O-])c(C(=O)OC)c3)c(C3CC3)cc12. The maximum Gasteiger partial charge on any atom is 0.344 e. The van der Waals surface area contributed by atoms with E-state index in [2.05, 4.69) is 14.8 Å². The molecule has 1 fully saturated rings. The van der Waals surface area contributed by atoms with Crippen LogP contribution in [-0.4, -0.2) is 39.4 Å². The van der Waals surface area contributed by atoms with Crippen LogP contribution in [0.15, 0.2) is 59.0 Å². The molecule has 0 radical (unpaired) electrons. The van der Waals surface area contributed by atoms with Crippen molar-refractivity contribution in [3.05, 3.63) is 92.8 Å². The quantitative estimate of drug-likeness (QED) is 0.157. The van der Waals surface area contributed by atoms with E-state index in [1.165, 1.54) is 37.4 Å². The third-order valence-electron chi connectivity index (χ3n) is 6.74. The number of sulfonamides is 1. The molecule has 5 rings (SSSR count). The first-order valence-electron chi connectivity index (χ1n) is 12.5. The lowest BCUT2D eigenvalue weighted by Crippen LogP contribution is -2.18. The van der Waals surface area contributed by atoms with Crippen molar-refractivity contribution >= 4 is 44.2 Å². The van der Waals surface area contributed by atoms with Gasteiger partial charge in [0.05, 0.1) is 23.3 Å². The Bertz CT molecular complexity index is 1810. The molecule has 1 aromatic heterocycles. The molecule has 0 saturated heterocycles. The van der Waals surface area contributed by atoms with Gasteiger partial charge in [-0.15, -0.1) is 0 Å². The van der Waals surface area contributed by atoms with E-state index in [1.54, 1.807) is 12.1 Å². The number of nitrogens with one attached hydrogen (secondary N) is 2. The molecule has 1 aliphatic carbocycles. The predicted octanol–water partition coefficient (Wildman–Crippen LogP) is 5.11. The van der Waals surface area contributed by atoms with Gasteiger partial charge < -0.3 is 14.5 Å². The number of nitrogens with zero attached hydrogens (tertiary/aromatic N) is 1. The lowest BCUT2D eigenvalue weighted by atomic mass is 9.98. The highest BCUT2D eigenvalue weighted by atomic mass is 32.2. The monoisotopic (exact) mass is 581 g/mol. The van der Waals surface area contributed by atoms with Crippen LogP contribution in [0.5, 0.6) is 0 Å². The molecule has 0 bridgehead atoms. The van der Waals surface area contributed by atoms with Gasteiger partial charge in [0.25, 0.3) is 11.6 Å². The fourth-order valence-corrected chi connectivity index (χ4v) is 5.93. The first-order chi connectivity index (χ1) is 19.5. The van der Waals surface area contributed by atoms with Crippen molar-refractivity contribution in [2.45, 2.75) is 24.5 Å². The molecule has 0 unspecified atom stereocenters. The summed E-state index contributed by atoms with van der Waals surface area (Å²) in [6.07, 6.45) is 1.68. The molecule has 1 heterocycles.